The van der Waals surface area contributed by atoms with E-state index in [9.17, 15) is 4.79 Å². The fourth-order valence-electron chi connectivity index (χ4n) is 1.58. The molecule has 0 aromatic carbocycles. The van der Waals surface area contributed by atoms with E-state index in [-0.39, 0.29) is 5.91 Å². The van der Waals surface area contributed by atoms with Crippen LogP contribution in [0.3, 0.4) is 0 Å². The van der Waals surface area contributed by atoms with Crippen molar-refractivity contribution < 1.29 is 4.79 Å². The zero-order chi connectivity index (χ0) is 9.68. The first-order valence-corrected chi connectivity index (χ1v) is 4.90. The van der Waals surface area contributed by atoms with Gasteiger partial charge in [-0.2, -0.15) is 0 Å². The molecule has 1 heterocycles. The largest absolute Gasteiger partial charge is 0.341 e. The molecule has 1 rings (SSSR count). The van der Waals surface area contributed by atoms with E-state index in [2.05, 4.69) is 4.90 Å². The Hall–Kier alpha value is -0.610. The van der Waals surface area contributed by atoms with E-state index in [1.54, 1.807) is 0 Å². The Labute approximate surface area is 79.7 Å². The molecule has 4 heteroatoms. The van der Waals surface area contributed by atoms with E-state index in [0.717, 1.165) is 32.5 Å². The number of nitrogens with zero attached hydrogens (tertiary/aromatic N) is 2. The quantitative estimate of drug-likeness (QED) is 0.645. The molecular weight excluding hydrogens is 166 g/mol. The molecule has 1 fully saturated rings. The number of amides is 1. The summed E-state index contributed by atoms with van der Waals surface area (Å²) in [5, 5.41) is 0. The van der Waals surface area contributed by atoms with Gasteiger partial charge in [0.05, 0.1) is 6.54 Å². The lowest BCUT2D eigenvalue weighted by Crippen LogP contribution is -2.36. The lowest BCUT2D eigenvalue weighted by Gasteiger charge is -2.19. The predicted molar refractivity (Wildman–Crippen MR) is 52.4 cm³/mol. The molecule has 0 radical (unpaired) electrons. The van der Waals surface area contributed by atoms with Crippen LogP contribution >= 0.6 is 0 Å². The lowest BCUT2D eigenvalue weighted by molar-refractivity contribution is -0.130. The van der Waals surface area contributed by atoms with Crippen LogP contribution in [0, 0.1) is 0 Å². The maximum atomic E-state index is 11.6. The van der Waals surface area contributed by atoms with Crippen molar-refractivity contribution in [2.45, 2.75) is 12.8 Å². The van der Waals surface area contributed by atoms with Crippen molar-refractivity contribution in [3.63, 3.8) is 0 Å². The summed E-state index contributed by atoms with van der Waals surface area (Å²) in [5.74, 6) is 0.244. The summed E-state index contributed by atoms with van der Waals surface area (Å²) in [6.45, 7) is 3.96. The van der Waals surface area contributed by atoms with Crippen molar-refractivity contribution in [3.05, 3.63) is 0 Å². The second-order valence-electron chi connectivity index (χ2n) is 3.61. The number of carbonyl (C=O) groups is 1. The summed E-state index contributed by atoms with van der Waals surface area (Å²) < 4.78 is 0. The van der Waals surface area contributed by atoms with Gasteiger partial charge in [0.2, 0.25) is 5.91 Å². The van der Waals surface area contributed by atoms with E-state index in [1.807, 2.05) is 11.9 Å². The number of hydrogen-bond acceptors (Lipinski definition) is 3. The van der Waals surface area contributed by atoms with Crippen LogP contribution in [-0.2, 0) is 4.79 Å². The maximum absolute atomic E-state index is 11.6. The highest BCUT2D eigenvalue weighted by molar-refractivity contribution is 5.78. The molecule has 1 saturated heterocycles. The zero-order valence-corrected chi connectivity index (χ0v) is 8.33. The topological polar surface area (TPSA) is 49.6 Å². The third kappa shape index (κ3) is 3.32. The molecule has 0 bridgehead atoms. The standard InChI is InChI=1S/C9H19N3O/c1-11-5-3-7-12(6-2-4-10)9(13)8-11/h2-8,10H2,1H3. The Balaban J connectivity index is 2.39. The van der Waals surface area contributed by atoms with Crippen molar-refractivity contribution >= 4 is 5.91 Å². The van der Waals surface area contributed by atoms with Crippen LogP contribution in [0.15, 0.2) is 0 Å². The van der Waals surface area contributed by atoms with Crippen LogP contribution in [0.25, 0.3) is 0 Å². The summed E-state index contributed by atoms with van der Waals surface area (Å²) in [5.41, 5.74) is 5.41. The van der Waals surface area contributed by atoms with Crippen LogP contribution in [0.5, 0.6) is 0 Å². The molecule has 4 nitrogen and oxygen atoms in total. The second-order valence-corrected chi connectivity index (χ2v) is 3.61. The Morgan fingerprint density at radius 2 is 2.23 bits per heavy atom. The first kappa shape index (κ1) is 10.5. The average molecular weight is 185 g/mol. The van der Waals surface area contributed by atoms with Crippen LogP contribution in [-0.4, -0.2) is 55.5 Å². The van der Waals surface area contributed by atoms with Gasteiger partial charge in [0.1, 0.15) is 0 Å². The fraction of sp³-hybridized carbons (Fsp3) is 0.889. The summed E-state index contributed by atoms with van der Waals surface area (Å²) in [7, 11) is 1.99. The molecule has 0 unspecified atom stereocenters. The number of hydrogen-bond donors (Lipinski definition) is 1. The monoisotopic (exact) mass is 185 g/mol. The third-order valence-corrected chi connectivity index (χ3v) is 2.36. The van der Waals surface area contributed by atoms with Gasteiger partial charge in [-0.15, -0.1) is 0 Å². The van der Waals surface area contributed by atoms with Gasteiger partial charge >= 0.3 is 0 Å². The van der Waals surface area contributed by atoms with E-state index < -0.39 is 0 Å². The van der Waals surface area contributed by atoms with Gasteiger partial charge in [-0.25, -0.2) is 0 Å². The second kappa shape index (κ2) is 5.19. The Bertz CT molecular complexity index is 170. The van der Waals surface area contributed by atoms with Crippen LogP contribution < -0.4 is 5.73 Å². The average Bonchev–Trinajstić information content (AvgIpc) is 2.24. The van der Waals surface area contributed by atoms with Gasteiger partial charge in [0, 0.05) is 19.6 Å². The minimum Gasteiger partial charge on any atom is -0.341 e. The molecule has 1 amide bonds. The molecule has 76 valence electrons. The van der Waals surface area contributed by atoms with Gasteiger partial charge in [0.25, 0.3) is 0 Å². The highest BCUT2D eigenvalue weighted by atomic mass is 16.2. The number of nitrogens with two attached hydrogens (primary N) is 1. The molecule has 13 heavy (non-hydrogen) atoms. The molecule has 0 aromatic rings. The Kier molecular flexibility index (Phi) is 4.18. The highest BCUT2D eigenvalue weighted by Gasteiger charge is 2.18. The Morgan fingerprint density at radius 1 is 1.46 bits per heavy atom. The molecule has 2 N–H and O–H groups in total. The highest BCUT2D eigenvalue weighted by Crippen LogP contribution is 2.02. The first-order chi connectivity index (χ1) is 6.24. The number of likely N-dealkylation sites (N-methyl/N-ethyl adjacent to an activating group) is 1. The van der Waals surface area contributed by atoms with E-state index in [1.165, 1.54) is 0 Å². The van der Waals surface area contributed by atoms with E-state index in [4.69, 9.17) is 5.73 Å². The van der Waals surface area contributed by atoms with Crippen LogP contribution in [0.1, 0.15) is 12.8 Å². The maximum Gasteiger partial charge on any atom is 0.236 e. The summed E-state index contributed by atoms with van der Waals surface area (Å²) in [6, 6.07) is 0. The van der Waals surface area contributed by atoms with Crippen molar-refractivity contribution in [3.8, 4) is 0 Å². The first-order valence-electron chi connectivity index (χ1n) is 4.90. The van der Waals surface area contributed by atoms with Crippen LogP contribution in [0.2, 0.25) is 0 Å². The predicted octanol–water partition coefficient (Wildman–Crippen LogP) is -0.501. The molecular formula is C9H19N3O. The number of carbonyl (C=O) groups excluding carboxylic acids is 1. The van der Waals surface area contributed by atoms with E-state index in [0.29, 0.717) is 13.1 Å². The summed E-state index contributed by atoms with van der Waals surface area (Å²) in [6.07, 6.45) is 1.99. The minimum atomic E-state index is 0.244. The van der Waals surface area contributed by atoms with Crippen molar-refractivity contribution in [2.24, 2.45) is 5.73 Å². The van der Waals surface area contributed by atoms with Crippen molar-refractivity contribution in [1.82, 2.24) is 9.80 Å². The number of rotatable bonds is 3. The van der Waals surface area contributed by atoms with Gasteiger partial charge in [-0.1, -0.05) is 0 Å². The summed E-state index contributed by atoms with van der Waals surface area (Å²) >= 11 is 0. The molecule has 0 aromatic heterocycles. The van der Waals surface area contributed by atoms with Gasteiger partial charge in [0.15, 0.2) is 0 Å². The van der Waals surface area contributed by atoms with Gasteiger partial charge in [-0.3, -0.25) is 9.69 Å². The molecule has 0 atom stereocenters. The van der Waals surface area contributed by atoms with Crippen molar-refractivity contribution in [1.29, 1.82) is 0 Å². The molecule has 0 saturated carbocycles. The van der Waals surface area contributed by atoms with Gasteiger partial charge < -0.3 is 10.6 Å². The molecule has 0 aliphatic carbocycles. The van der Waals surface area contributed by atoms with Crippen LogP contribution in [0.4, 0.5) is 0 Å². The summed E-state index contributed by atoms with van der Waals surface area (Å²) in [4.78, 5) is 15.6. The zero-order valence-electron chi connectivity index (χ0n) is 8.33. The minimum absolute atomic E-state index is 0.244. The van der Waals surface area contributed by atoms with Crippen molar-refractivity contribution in [2.75, 3.05) is 39.8 Å². The molecule has 1 aliphatic heterocycles. The fourth-order valence-corrected chi connectivity index (χ4v) is 1.58. The molecule has 0 spiro atoms. The SMILES string of the molecule is CN1CCCN(CCCN)C(=O)C1. The van der Waals surface area contributed by atoms with E-state index >= 15 is 0 Å². The normalized spacial score (nSPS) is 20.5. The van der Waals surface area contributed by atoms with Gasteiger partial charge in [-0.05, 0) is 26.4 Å². The smallest absolute Gasteiger partial charge is 0.236 e. The third-order valence-electron chi connectivity index (χ3n) is 2.36. The lowest BCUT2D eigenvalue weighted by atomic mass is 10.3. The molecule has 1 aliphatic rings. The Morgan fingerprint density at radius 3 is 2.92 bits per heavy atom.